The maximum atomic E-state index is 11.1. The Morgan fingerprint density at radius 1 is 1.44 bits per heavy atom. The average molecular weight is 225 g/mol. The molecule has 0 aliphatic carbocycles. The van der Waals surface area contributed by atoms with E-state index in [1.165, 1.54) is 7.11 Å². The summed E-state index contributed by atoms with van der Waals surface area (Å²) in [6.45, 7) is 7.97. The smallest absolute Gasteiger partial charge is 0.373 e. The zero-order valence-electron chi connectivity index (χ0n) is 10.3. The number of hydrogen-bond donors (Lipinski definition) is 1. The molecule has 0 aliphatic heterocycles. The van der Waals surface area contributed by atoms with Crippen LogP contribution in [-0.2, 0) is 11.3 Å². The zero-order chi connectivity index (χ0) is 12.2. The first kappa shape index (κ1) is 12.8. The Morgan fingerprint density at radius 2 is 2.12 bits per heavy atom. The molecule has 4 nitrogen and oxygen atoms in total. The first-order chi connectivity index (χ1) is 7.42. The minimum atomic E-state index is -0.443. The molecule has 0 aromatic carbocycles. The standard InChI is InChI=1S/C12H19NO3/c1-12(2,3)8-13-7-9-5-6-10(16-9)11(14)15-4/h5-6,13H,7-8H2,1-4H3. The Balaban J connectivity index is 2.44. The van der Waals surface area contributed by atoms with E-state index in [2.05, 4.69) is 30.8 Å². The van der Waals surface area contributed by atoms with Crippen LogP contribution in [0.1, 0.15) is 37.1 Å². The summed E-state index contributed by atoms with van der Waals surface area (Å²) >= 11 is 0. The third-order valence-electron chi connectivity index (χ3n) is 2.00. The number of methoxy groups -OCH3 is 1. The van der Waals surface area contributed by atoms with Gasteiger partial charge in [0.15, 0.2) is 0 Å². The fourth-order valence-corrected chi connectivity index (χ4v) is 1.24. The Morgan fingerprint density at radius 3 is 2.69 bits per heavy atom. The second kappa shape index (κ2) is 5.16. The van der Waals surface area contributed by atoms with Crippen LogP contribution in [0, 0.1) is 5.41 Å². The molecule has 90 valence electrons. The van der Waals surface area contributed by atoms with Crippen molar-refractivity contribution in [2.75, 3.05) is 13.7 Å². The van der Waals surface area contributed by atoms with Crippen molar-refractivity contribution in [3.8, 4) is 0 Å². The van der Waals surface area contributed by atoms with Gasteiger partial charge < -0.3 is 14.5 Å². The van der Waals surface area contributed by atoms with E-state index in [1.54, 1.807) is 12.1 Å². The monoisotopic (exact) mass is 225 g/mol. The number of ether oxygens (including phenoxy) is 1. The topological polar surface area (TPSA) is 51.5 Å². The summed E-state index contributed by atoms with van der Waals surface area (Å²) in [5.74, 6) is 0.543. The highest BCUT2D eigenvalue weighted by Crippen LogP contribution is 2.12. The quantitative estimate of drug-likeness (QED) is 0.798. The van der Waals surface area contributed by atoms with Crippen LogP contribution in [0.25, 0.3) is 0 Å². The number of carbonyl (C=O) groups is 1. The summed E-state index contributed by atoms with van der Waals surface area (Å²) < 4.78 is 9.87. The molecule has 0 amide bonds. The largest absolute Gasteiger partial charge is 0.463 e. The lowest BCUT2D eigenvalue weighted by atomic mass is 9.97. The summed E-state index contributed by atoms with van der Waals surface area (Å²) in [4.78, 5) is 11.1. The number of nitrogens with one attached hydrogen (secondary N) is 1. The lowest BCUT2D eigenvalue weighted by Crippen LogP contribution is -2.26. The average Bonchev–Trinajstić information content (AvgIpc) is 2.63. The van der Waals surface area contributed by atoms with Crippen molar-refractivity contribution in [2.45, 2.75) is 27.3 Å². The Hall–Kier alpha value is -1.29. The minimum absolute atomic E-state index is 0.234. The summed E-state index contributed by atoms with van der Waals surface area (Å²) in [5, 5.41) is 3.27. The normalized spacial score (nSPS) is 11.5. The van der Waals surface area contributed by atoms with Gasteiger partial charge in [-0.05, 0) is 17.5 Å². The molecule has 1 heterocycles. The van der Waals surface area contributed by atoms with Crippen LogP contribution < -0.4 is 5.32 Å². The van der Waals surface area contributed by atoms with Crippen LogP contribution in [0.2, 0.25) is 0 Å². The van der Waals surface area contributed by atoms with Crippen LogP contribution in [0.5, 0.6) is 0 Å². The summed E-state index contributed by atoms with van der Waals surface area (Å²) in [5.41, 5.74) is 0.234. The van der Waals surface area contributed by atoms with Crippen molar-refractivity contribution in [3.63, 3.8) is 0 Å². The predicted octanol–water partition coefficient (Wildman–Crippen LogP) is 2.20. The van der Waals surface area contributed by atoms with Crippen molar-refractivity contribution < 1.29 is 13.9 Å². The van der Waals surface area contributed by atoms with E-state index in [-0.39, 0.29) is 11.2 Å². The summed E-state index contributed by atoms with van der Waals surface area (Å²) in [7, 11) is 1.34. The van der Waals surface area contributed by atoms with Gasteiger partial charge >= 0.3 is 5.97 Å². The second-order valence-electron chi connectivity index (χ2n) is 4.92. The van der Waals surface area contributed by atoms with E-state index in [4.69, 9.17) is 4.42 Å². The molecule has 0 unspecified atom stereocenters. The van der Waals surface area contributed by atoms with Gasteiger partial charge in [0, 0.05) is 6.54 Å². The first-order valence-corrected chi connectivity index (χ1v) is 5.30. The maximum Gasteiger partial charge on any atom is 0.373 e. The van der Waals surface area contributed by atoms with Crippen molar-refractivity contribution in [3.05, 3.63) is 23.7 Å². The molecule has 16 heavy (non-hydrogen) atoms. The second-order valence-corrected chi connectivity index (χ2v) is 4.92. The zero-order valence-corrected chi connectivity index (χ0v) is 10.3. The number of furan rings is 1. The molecular formula is C12H19NO3. The number of carbonyl (C=O) groups excluding carboxylic acids is 1. The van der Waals surface area contributed by atoms with E-state index in [0.29, 0.717) is 6.54 Å². The molecule has 0 atom stereocenters. The van der Waals surface area contributed by atoms with E-state index in [9.17, 15) is 4.79 Å². The van der Waals surface area contributed by atoms with Gasteiger partial charge in [0.05, 0.1) is 13.7 Å². The van der Waals surface area contributed by atoms with Crippen molar-refractivity contribution >= 4 is 5.97 Å². The van der Waals surface area contributed by atoms with Gasteiger partial charge in [-0.3, -0.25) is 0 Å². The molecule has 1 aromatic rings. The van der Waals surface area contributed by atoms with Crippen molar-refractivity contribution in [1.29, 1.82) is 0 Å². The Labute approximate surface area is 96.0 Å². The number of hydrogen-bond acceptors (Lipinski definition) is 4. The molecule has 1 aromatic heterocycles. The Bertz CT molecular complexity index is 349. The van der Waals surface area contributed by atoms with Gasteiger partial charge in [0.1, 0.15) is 5.76 Å². The highest BCUT2D eigenvalue weighted by Gasteiger charge is 2.12. The van der Waals surface area contributed by atoms with Gasteiger partial charge in [-0.1, -0.05) is 20.8 Å². The molecule has 0 radical (unpaired) electrons. The van der Waals surface area contributed by atoms with E-state index in [0.717, 1.165) is 12.3 Å². The van der Waals surface area contributed by atoms with Crippen LogP contribution in [-0.4, -0.2) is 19.6 Å². The number of esters is 1. The summed E-state index contributed by atoms with van der Waals surface area (Å²) in [6.07, 6.45) is 0. The lowest BCUT2D eigenvalue weighted by molar-refractivity contribution is 0.0562. The van der Waals surface area contributed by atoms with Gasteiger partial charge in [-0.25, -0.2) is 4.79 Å². The van der Waals surface area contributed by atoms with Crippen LogP contribution in [0.4, 0.5) is 0 Å². The van der Waals surface area contributed by atoms with Crippen LogP contribution in [0.3, 0.4) is 0 Å². The van der Waals surface area contributed by atoms with Gasteiger partial charge in [-0.15, -0.1) is 0 Å². The highest BCUT2D eigenvalue weighted by atomic mass is 16.5. The van der Waals surface area contributed by atoms with E-state index < -0.39 is 5.97 Å². The third kappa shape index (κ3) is 4.06. The molecule has 1 N–H and O–H groups in total. The van der Waals surface area contributed by atoms with Gasteiger partial charge in [0.25, 0.3) is 0 Å². The molecule has 0 aliphatic rings. The van der Waals surface area contributed by atoms with Crippen molar-refractivity contribution in [2.24, 2.45) is 5.41 Å². The predicted molar refractivity (Wildman–Crippen MR) is 61.2 cm³/mol. The maximum absolute atomic E-state index is 11.1. The molecule has 0 spiro atoms. The fraction of sp³-hybridized carbons (Fsp3) is 0.583. The first-order valence-electron chi connectivity index (χ1n) is 5.30. The Kier molecular flexibility index (Phi) is 4.12. The molecule has 0 saturated carbocycles. The molecule has 4 heteroatoms. The van der Waals surface area contributed by atoms with Crippen LogP contribution >= 0.6 is 0 Å². The van der Waals surface area contributed by atoms with Gasteiger partial charge in [0.2, 0.25) is 5.76 Å². The molecule has 1 rings (SSSR count). The molecule has 0 bridgehead atoms. The molecular weight excluding hydrogens is 206 g/mol. The highest BCUT2D eigenvalue weighted by molar-refractivity contribution is 5.86. The third-order valence-corrected chi connectivity index (χ3v) is 2.00. The molecule has 0 saturated heterocycles. The van der Waals surface area contributed by atoms with E-state index in [1.807, 2.05) is 0 Å². The van der Waals surface area contributed by atoms with Gasteiger partial charge in [-0.2, -0.15) is 0 Å². The fourth-order valence-electron chi connectivity index (χ4n) is 1.24. The van der Waals surface area contributed by atoms with E-state index >= 15 is 0 Å². The van der Waals surface area contributed by atoms with Crippen molar-refractivity contribution in [1.82, 2.24) is 5.32 Å². The minimum Gasteiger partial charge on any atom is -0.463 e. The number of rotatable bonds is 4. The van der Waals surface area contributed by atoms with Crippen LogP contribution in [0.15, 0.2) is 16.5 Å². The molecule has 0 fully saturated rings. The SMILES string of the molecule is COC(=O)c1ccc(CNCC(C)(C)C)o1. The summed E-state index contributed by atoms with van der Waals surface area (Å²) in [6, 6.07) is 3.40. The lowest BCUT2D eigenvalue weighted by Gasteiger charge is -2.18.